The van der Waals surface area contributed by atoms with Crippen molar-refractivity contribution in [3.05, 3.63) is 47.7 Å². The minimum atomic E-state index is -0.511. The van der Waals surface area contributed by atoms with Gasteiger partial charge in [0.05, 0.1) is 16.3 Å². The molecule has 5 nitrogen and oxygen atoms in total. The largest absolute Gasteiger partial charge is 0.383 e. The number of fused-ring (bicyclic) bond motifs is 1. The number of rotatable bonds is 4. The molecule has 3 rings (SSSR count). The summed E-state index contributed by atoms with van der Waals surface area (Å²) in [4.78, 5) is 16.6. The minimum Gasteiger partial charge on any atom is -0.383 e. The molecule has 3 aromatic rings. The Kier molecular flexibility index (Phi) is 3.96. The third-order valence-electron chi connectivity index (χ3n) is 3.61. The first kappa shape index (κ1) is 15.0. The van der Waals surface area contributed by atoms with Crippen molar-refractivity contribution in [3.63, 3.8) is 0 Å². The van der Waals surface area contributed by atoms with Crippen LogP contribution in [0.2, 0.25) is 0 Å². The van der Waals surface area contributed by atoms with E-state index in [2.05, 4.69) is 11.1 Å². The molecule has 0 fully saturated rings. The quantitative estimate of drug-likeness (QED) is 0.769. The Labute approximate surface area is 137 Å². The van der Waals surface area contributed by atoms with Gasteiger partial charge in [-0.05, 0) is 23.6 Å². The number of amides is 1. The fourth-order valence-electron chi connectivity index (χ4n) is 2.40. The number of carbonyl (C=O) groups excluding carboxylic acids is 1. The van der Waals surface area contributed by atoms with Crippen LogP contribution in [0.5, 0.6) is 0 Å². The van der Waals surface area contributed by atoms with Crippen LogP contribution in [0.25, 0.3) is 20.5 Å². The fraction of sp³-hybridized carbons (Fsp3) is 0.118. The number of carbonyl (C=O) groups is 1. The van der Waals surface area contributed by atoms with Crippen molar-refractivity contribution in [1.29, 1.82) is 5.26 Å². The van der Waals surface area contributed by atoms with Crippen LogP contribution in [0.4, 0.5) is 5.82 Å². The van der Waals surface area contributed by atoms with E-state index in [9.17, 15) is 4.79 Å². The fourth-order valence-corrected chi connectivity index (χ4v) is 3.58. The third-order valence-corrected chi connectivity index (χ3v) is 4.83. The number of anilines is 1. The van der Waals surface area contributed by atoms with Gasteiger partial charge in [0.2, 0.25) is 0 Å². The average Bonchev–Trinajstić information content (AvgIpc) is 2.99. The highest BCUT2D eigenvalue weighted by Gasteiger charge is 2.14. The van der Waals surface area contributed by atoms with Crippen LogP contribution in [0, 0.1) is 11.3 Å². The van der Waals surface area contributed by atoms with Gasteiger partial charge in [-0.2, -0.15) is 5.26 Å². The molecule has 114 valence electrons. The van der Waals surface area contributed by atoms with Gasteiger partial charge in [-0.1, -0.05) is 24.3 Å². The second-order valence-electron chi connectivity index (χ2n) is 5.13. The lowest BCUT2D eigenvalue weighted by atomic mass is 10.1. The van der Waals surface area contributed by atoms with E-state index in [0.29, 0.717) is 17.8 Å². The first-order valence-electron chi connectivity index (χ1n) is 7.04. The number of thiophene rings is 1. The lowest BCUT2D eigenvalue weighted by molar-refractivity contribution is 0.100. The Hall–Kier alpha value is -2.91. The number of nitrogens with two attached hydrogens (primary N) is 2. The Bertz CT molecular complexity index is 922. The van der Waals surface area contributed by atoms with E-state index in [1.807, 2.05) is 30.3 Å². The lowest BCUT2D eigenvalue weighted by Crippen LogP contribution is -2.11. The number of nitriles is 1. The van der Waals surface area contributed by atoms with E-state index < -0.39 is 5.91 Å². The standard InChI is InChI=1S/C17H14N4OS/c18-7-1-2-10-3-5-11(6-4-10)14-8-12-15(23-14)13(17(20)22)9-21-16(12)19/h3-6,8-9H,1-2H2,(H2,19,21)(H2,20,22). The van der Waals surface area contributed by atoms with Gasteiger partial charge >= 0.3 is 0 Å². The summed E-state index contributed by atoms with van der Waals surface area (Å²) in [6.45, 7) is 0. The second-order valence-corrected chi connectivity index (χ2v) is 6.18. The number of nitrogen functional groups attached to an aromatic ring is 1. The Morgan fingerprint density at radius 1 is 1.30 bits per heavy atom. The van der Waals surface area contributed by atoms with Gasteiger partial charge in [-0.25, -0.2) is 4.98 Å². The highest BCUT2D eigenvalue weighted by Crippen LogP contribution is 2.37. The van der Waals surface area contributed by atoms with Gasteiger partial charge in [0.25, 0.3) is 5.91 Å². The molecule has 2 aromatic heterocycles. The van der Waals surface area contributed by atoms with Crippen LogP contribution >= 0.6 is 11.3 Å². The molecule has 0 bridgehead atoms. The molecule has 0 aliphatic heterocycles. The van der Waals surface area contributed by atoms with Crippen LogP contribution in [0.15, 0.2) is 36.5 Å². The summed E-state index contributed by atoms with van der Waals surface area (Å²) in [5.41, 5.74) is 13.8. The molecule has 0 radical (unpaired) electrons. The zero-order valence-electron chi connectivity index (χ0n) is 12.2. The number of hydrogen-bond donors (Lipinski definition) is 2. The summed E-state index contributed by atoms with van der Waals surface area (Å²) < 4.78 is 0.758. The summed E-state index contributed by atoms with van der Waals surface area (Å²) in [5.74, 6) is -0.124. The van der Waals surface area contributed by atoms with E-state index in [1.54, 1.807) is 0 Å². The second kappa shape index (κ2) is 6.07. The van der Waals surface area contributed by atoms with Gasteiger partial charge in [0.15, 0.2) is 0 Å². The van der Waals surface area contributed by atoms with Crippen LogP contribution in [-0.4, -0.2) is 10.9 Å². The maximum atomic E-state index is 11.5. The van der Waals surface area contributed by atoms with Crippen molar-refractivity contribution < 1.29 is 4.79 Å². The monoisotopic (exact) mass is 322 g/mol. The molecule has 0 unspecified atom stereocenters. The van der Waals surface area contributed by atoms with Gasteiger partial charge in [0, 0.05) is 22.9 Å². The summed E-state index contributed by atoms with van der Waals surface area (Å²) >= 11 is 1.47. The molecule has 0 spiro atoms. The number of nitrogens with zero attached hydrogens (tertiary/aromatic N) is 2. The van der Waals surface area contributed by atoms with Crippen LogP contribution < -0.4 is 11.5 Å². The highest BCUT2D eigenvalue weighted by atomic mass is 32.1. The molecule has 0 saturated carbocycles. The van der Waals surface area contributed by atoms with Crippen molar-refractivity contribution in [3.8, 4) is 16.5 Å². The van der Waals surface area contributed by atoms with Gasteiger partial charge in [-0.15, -0.1) is 11.3 Å². The third kappa shape index (κ3) is 2.87. The van der Waals surface area contributed by atoms with Crippen molar-refractivity contribution >= 4 is 33.1 Å². The summed E-state index contributed by atoms with van der Waals surface area (Å²) in [6.07, 6.45) is 2.67. The van der Waals surface area contributed by atoms with Crippen LogP contribution in [-0.2, 0) is 6.42 Å². The zero-order chi connectivity index (χ0) is 16.4. The predicted molar refractivity (Wildman–Crippen MR) is 91.9 cm³/mol. The molecule has 0 saturated heterocycles. The molecule has 4 N–H and O–H groups in total. The van der Waals surface area contributed by atoms with Crippen LogP contribution in [0.1, 0.15) is 22.3 Å². The average molecular weight is 322 g/mol. The molecule has 0 aliphatic carbocycles. The van der Waals surface area contributed by atoms with Crippen molar-refractivity contribution in [1.82, 2.24) is 4.98 Å². The minimum absolute atomic E-state index is 0.385. The zero-order valence-corrected chi connectivity index (χ0v) is 13.1. The van der Waals surface area contributed by atoms with E-state index >= 15 is 0 Å². The Morgan fingerprint density at radius 2 is 2.04 bits per heavy atom. The smallest absolute Gasteiger partial charge is 0.251 e. The predicted octanol–water partition coefficient (Wildman–Crippen LogP) is 3.10. The van der Waals surface area contributed by atoms with E-state index in [1.165, 1.54) is 17.5 Å². The lowest BCUT2D eigenvalue weighted by Gasteiger charge is -2.00. The molecule has 2 heterocycles. The summed E-state index contributed by atoms with van der Waals surface area (Å²) in [7, 11) is 0. The molecule has 6 heteroatoms. The van der Waals surface area contributed by atoms with Crippen molar-refractivity contribution in [2.45, 2.75) is 12.8 Å². The Morgan fingerprint density at radius 3 is 2.70 bits per heavy atom. The van der Waals surface area contributed by atoms with Gasteiger partial charge < -0.3 is 11.5 Å². The summed E-state index contributed by atoms with van der Waals surface area (Å²) in [5, 5.41) is 9.38. The SMILES string of the molecule is N#CCCc1ccc(-c2cc3c(N)ncc(C(N)=O)c3s2)cc1. The van der Waals surface area contributed by atoms with Gasteiger partial charge in [0.1, 0.15) is 5.82 Å². The van der Waals surface area contributed by atoms with Gasteiger partial charge in [-0.3, -0.25) is 4.79 Å². The molecule has 23 heavy (non-hydrogen) atoms. The number of primary amides is 1. The highest BCUT2D eigenvalue weighted by molar-refractivity contribution is 7.22. The maximum absolute atomic E-state index is 11.5. The van der Waals surface area contributed by atoms with Crippen molar-refractivity contribution in [2.75, 3.05) is 5.73 Å². The van der Waals surface area contributed by atoms with E-state index in [0.717, 1.165) is 32.5 Å². The molecule has 1 aromatic carbocycles. The molecule has 0 atom stereocenters. The molecular weight excluding hydrogens is 308 g/mol. The van der Waals surface area contributed by atoms with E-state index in [-0.39, 0.29) is 0 Å². The van der Waals surface area contributed by atoms with Crippen molar-refractivity contribution in [2.24, 2.45) is 5.73 Å². The number of pyridine rings is 1. The number of aryl methyl sites for hydroxylation is 1. The topological polar surface area (TPSA) is 106 Å². The summed E-state index contributed by atoms with van der Waals surface area (Å²) in [6, 6.07) is 12.1. The normalized spacial score (nSPS) is 10.6. The molecular formula is C17H14N4OS. The Balaban J connectivity index is 2.04. The first-order valence-corrected chi connectivity index (χ1v) is 7.86. The van der Waals surface area contributed by atoms with Crippen LogP contribution in [0.3, 0.4) is 0 Å². The molecule has 0 aliphatic rings. The number of aromatic nitrogens is 1. The maximum Gasteiger partial charge on any atom is 0.251 e. The first-order chi connectivity index (χ1) is 11.1. The molecule has 1 amide bonds. The number of benzene rings is 1. The van der Waals surface area contributed by atoms with E-state index in [4.69, 9.17) is 16.7 Å². The number of hydrogen-bond acceptors (Lipinski definition) is 5.